The fourth-order valence-corrected chi connectivity index (χ4v) is 2.46. The molecule has 2 heterocycles. The fraction of sp³-hybridized carbons (Fsp3) is 0.250. The lowest BCUT2D eigenvalue weighted by Gasteiger charge is -2.10. The van der Waals surface area contributed by atoms with Crippen LogP contribution in [0.1, 0.15) is 0 Å². The molecule has 0 atom stereocenters. The lowest BCUT2D eigenvalue weighted by Crippen LogP contribution is -2.28. The first kappa shape index (κ1) is 19.4. The number of aliphatic hydroxyl groups excluding tert-OH is 1. The zero-order valence-corrected chi connectivity index (χ0v) is 14.2. The minimum Gasteiger partial charge on any atom is -0.406 e. The van der Waals surface area contributed by atoms with Gasteiger partial charge < -0.3 is 15.2 Å². The first-order valence-corrected chi connectivity index (χ1v) is 7.94. The van der Waals surface area contributed by atoms with E-state index in [1.165, 1.54) is 29.3 Å². The molecule has 2 N–H and O–H groups in total. The van der Waals surface area contributed by atoms with Crippen LogP contribution in [0.25, 0.3) is 11.0 Å². The van der Waals surface area contributed by atoms with Crippen LogP contribution in [-0.4, -0.2) is 43.3 Å². The molecule has 12 heteroatoms. The van der Waals surface area contributed by atoms with Crippen molar-refractivity contribution in [2.45, 2.75) is 19.5 Å². The molecule has 0 saturated heterocycles. The summed E-state index contributed by atoms with van der Waals surface area (Å²) >= 11 is 0. The average molecular weight is 397 g/mol. The number of benzene rings is 1. The van der Waals surface area contributed by atoms with Gasteiger partial charge in [-0.05, 0) is 24.3 Å². The summed E-state index contributed by atoms with van der Waals surface area (Å²) in [5, 5.41) is 15.6. The molecule has 2 aromatic heterocycles. The van der Waals surface area contributed by atoms with Crippen molar-refractivity contribution in [2.24, 2.45) is 0 Å². The van der Waals surface area contributed by atoms with Crippen molar-refractivity contribution in [3.05, 3.63) is 47.1 Å². The van der Waals surface area contributed by atoms with Crippen molar-refractivity contribution < 1.29 is 27.8 Å². The molecular formula is C16H14F3N5O4. The largest absolute Gasteiger partial charge is 0.573 e. The van der Waals surface area contributed by atoms with Gasteiger partial charge in [0.15, 0.2) is 5.65 Å². The summed E-state index contributed by atoms with van der Waals surface area (Å²) in [6.45, 7) is -0.348. The number of anilines is 1. The van der Waals surface area contributed by atoms with Crippen LogP contribution < -0.4 is 15.6 Å². The number of aliphatic hydroxyl groups is 1. The normalized spacial score (nSPS) is 11.6. The average Bonchev–Trinajstić information content (AvgIpc) is 3.02. The summed E-state index contributed by atoms with van der Waals surface area (Å²) in [6, 6.07) is 4.58. The molecule has 9 nitrogen and oxygen atoms in total. The number of fused-ring (bicyclic) bond motifs is 1. The topological polar surface area (TPSA) is 111 Å². The van der Waals surface area contributed by atoms with Crippen LogP contribution in [0.2, 0.25) is 0 Å². The molecule has 0 fully saturated rings. The van der Waals surface area contributed by atoms with Crippen molar-refractivity contribution in [1.82, 2.24) is 19.3 Å². The van der Waals surface area contributed by atoms with Gasteiger partial charge in [-0.3, -0.25) is 14.2 Å². The number of aromatic nitrogens is 4. The highest BCUT2D eigenvalue weighted by Crippen LogP contribution is 2.23. The van der Waals surface area contributed by atoms with Gasteiger partial charge in [0, 0.05) is 5.69 Å². The van der Waals surface area contributed by atoms with E-state index in [-0.39, 0.29) is 36.4 Å². The van der Waals surface area contributed by atoms with E-state index < -0.39 is 23.6 Å². The van der Waals surface area contributed by atoms with Crippen LogP contribution in [0.4, 0.5) is 18.9 Å². The smallest absolute Gasteiger partial charge is 0.406 e. The van der Waals surface area contributed by atoms with Gasteiger partial charge in [0.25, 0.3) is 5.56 Å². The highest BCUT2D eigenvalue weighted by atomic mass is 19.4. The number of nitrogens with one attached hydrogen (secondary N) is 1. The highest BCUT2D eigenvalue weighted by Gasteiger charge is 2.30. The number of halogens is 3. The fourth-order valence-electron chi connectivity index (χ4n) is 2.46. The first-order chi connectivity index (χ1) is 13.3. The van der Waals surface area contributed by atoms with E-state index in [0.717, 1.165) is 16.7 Å². The number of ether oxygens (including phenoxy) is 1. The standard InChI is InChI=1S/C16H14F3N5O4/c17-16(18,19)28-11-3-1-10(2-4-11)22-13(26)8-23-9-20-14-12(15(23)27)7-21-24(14)5-6-25/h1-4,7,9,25H,5-6,8H2,(H,22,26). The molecule has 1 aromatic carbocycles. The Labute approximate surface area is 155 Å². The Bertz CT molecular complexity index is 1040. The number of hydrogen-bond donors (Lipinski definition) is 2. The van der Waals surface area contributed by atoms with Gasteiger partial charge in [-0.15, -0.1) is 13.2 Å². The summed E-state index contributed by atoms with van der Waals surface area (Å²) in [4.78, 5) is 28.6. The van der Waals surface area contributed by atoms with E-state index in [2.05, 4.69) is 20.1 Å². The van der Waals surface area contributed by atoms with Crippen LogP contribution in [0.3, 0.4) is 0 Å². The van der Waals surface area contributed by atoms with E-state index in [0.29, 0.717) is 0 Å². The number of nitrogens with zero attached hydrogens (tertiary/aromatic N) is 4. The maximum atomic E-state index is 12.4. The molecule has 0 saturated carbocycles. The summed E-state index contributed by atoms with van der Waals surface area (Å²) in [7, 11) is 0. The van der Waals surface area contributed by atoms with E-state index >= 15 is 0 Å². The molecule has 28 heavy (non-hydrogen) atoms. The molecule has 148 valence electrons. The van der Waals surface area contributed by atoms with E-state index in [9.17, 15) is 22.8 Å². The third-order valence-corrected chi connectivity index (χ3v) is 3.62. The van der Waals surface area contributed by atoms with Crippen LogP contribution in [0, 0.1) is 0 Å². The maximum absolute atomic E-state index is 12.4. The van der Waals surface area contributed by atoms with Crippen molar-refractivity contribution >= 4 is 22.6 Å². The molecule has 0 aliphatic rings. The number of carbonyl (C=O) groups is 1. The van der Waals surface area contributed by atoms with Crippen molar-refractivity contribution in [1.29, 1.82) is 0 Å². The molecular weight excluding hydrogens is 383 g/mol. The van der Waals surface area contributed by atoms with Gasteiger partial charge in [-0.1, -0.05) is 0 Å². The molecule has 0 aliphatic carbocycles. The molecule has 0 radical (unpaired) electrons. The molecule has 0 unspecified atom stereocenters. The van der Waals surface area contributed by atoms with E-state index in [4.69, 9.17) is 5.11 Å². The number of carbonyl (C=O) groups excluding carboxylic acids is 1. The molecule has 0 bridgehead atoms. The Kier molecular flexibility index (Phi) is 5.31. The van der Waals surface area contributed by atoms with Gasteiger partial charge >= 0.3 is 6.36 Å². The quantitative estimate of drug-likeness (QED) is 0.645. The van der Waals surface area contributed by atoms with E-state index in [1.54, 1.807) is 0 Å². The Hall–Kier alpha value is -3.41. The molecule has 3 rings (SSSR count). The number of alkyl halides is 3. The second-order valence-corrected chi connectivity index (χ2v) is 5.63. The molecule has 0 spiro atoms. The summed E-state index contributed by atoms with van der Waals surface area (Å²) in [5.74, 6) is -0.994. The highest BCUT2D eigenvalue weighted by molar-refractivity contribution is 5.90. The second-order valence-electron chi connectivity index (χ2n) is 5.63. The zero-order chi connectivity index (χ0) is 20.3. The molecule has 3 aromatic rings. The van der Waals surface area contributed by atoms with Crippen molar-refractivity contribution in [3.8, 4) is 5.75 Å². The minimum absolute atomic E-state index is 0.170. The Morgan fingerprint density at radius 3 is 2.61 bits per heavy atom. The monoisotopic (exact) mass is 397 g/mol. The lowest BCUT2D eigenvalue weighted by molar-refractivity contribution is -0.274. The van der Waals surface area contributed by atoms with Gasteiger partial charge in [0.2, 0.25) is 5.91 Å². The van der Waals surface area contributed by atoms with Gasteiger partial charge in [0.1, 0.15) is 24.0 Å². The predicted octanol–water partition coefficient (Wildman–Crippen LogP) is 1.12. The summed E-state index contributed by atoms with van der Waals surface area (Å²) in [5.41, 5.74) is 0.0339. The lowest BCUT2D eigenvalue weighted by atomic mass is 10.3. The third kappa shape index (κ3) is 4.46. The maximum Gasteiger partial charge on any atom is 0.573 e. The predicted molar refractivity (Wildman–Crippen MR) is 90.6 cm³/mol. The van der Waals surface area contributed by atoms with Gasteiger partial charge in [-0.2, -0.15) is 5.10 Å². The third-order valence-electron chi connectivity index (χ3n) is 3.62. The van der Waals surface area contributed by atoms with E-state index in [1.807, 2.05) is 0 Å². The number of rotatable bonds is 6. The Morgan fingerprint density at radius 1 is 1.25 bits per heavy atom. The van der Waals surface area contributed by atoms with Crippen molar-refractivity contribution in [2.75, 3.05) is 11.9 Å². The second kappa shape index (κ2) is 7.68. The van der Waals surface area contributed by atoms with Gasteiger partial charge in [0.05, 0.1) is 19.3 Å². The van der Waals surface area contributed by atoms with Crippen LogP contribution in [0.5, 0.6) is 5.75 Å². The van der Waals surface area contributed by atoms with Crippen LogP contribution in [0.15, 0.2) is 41.6 Å². The minimum atomic E-state index is -4.80. The SMILES string of the molecule is O=C(Cn1cnc2c(cnn2CCO)c1=O)Nc1ccc(OC(F)(F)F)cc1. The Morgan fingerprint density at radius 2 is 1.96 bits per heavy atom. The number of hydrogen-bond acceptors (Lipinski definition) is 6. The summed E-state index contributed by atoms with van der Waals surface area (Å²) in [6.07, 6.45) is -2.32. The first-order valence-electron chi connectivity index (χ1n) is 7.94. The summed E-state index contributed by atoms with van der Waals surface area (Å²) < 4.78 is 42.6. The van der Waals surface area contributed by atoms with Crippen LogP contribution in [-0.2, 0) is 17.9 Å². The Balaban J connectivity index is 1.69. The number of amides is 1. The van der Waals surface area contributed by atoms with Gasteiger partial charge in [-0.25, -0.2) is 9.67 Å². The molecule has 0 aliphatic heterocycles. The van der Waals surface area contributed by atoms with Crippen LogP contribution >= 0.6 is 0 Å². The molecule has 1 amide bonds. The zero-order valence-electron chi connectivity index (χ0n) is 14.2. The van der Waals surface area contributed by atoms with Crippen molar-refractivity contribution in [3.63, 3.8) is 0 Å².